The second-order valence-corrected chi connectivity index (χ2v) is 7.94. The van der Waals surface area contributed by atoms with E-state index in [0.29, 0.717) is 11.6 Å². The second-order valence-electron chi connectivity index (χ2n) is 6.96. The Labute approximate surface area is 133 Å². The highest BCUT2D eigenvalue weighted by Crippen LogP contribution is 2.37. The lowest BCUT2D eigenvalue weighted by Crippen LogP contribution is -2.65. The van der Waals surface area contributed by atoms with Gasteiger partial charge >= 0.3 is 0 Å². The summed E-state index contributed by atoms with van der Waals surface area (Å²) in [5, 5.41) is 7.27. The minimum absolute atomic E-state index is 0.397. The Kier molecular flexibility index (Phi) is 4.97. The predicted octanol–water partition coefficient (Wildman–Crippen LogP) is 3.67. The van der Waals surface area contributed by atoms with E-state index >= 15 is 0 Å². The first kappa shape index (κ1) is 15.4. The van der Waals surface area contributed by atoms with E-state index in [1.807, 2.05) is 6.20 Å². The topological polar surface area (TPSA) is 28.2 Å². The lowest BCUT2D eigenvalue weighted by molar-refractivity contribution is -0.00588. The first-order valence-corrected chi connectivity index (χ1v) is 9.48. The van der Waals surface area contributed by atoms with Gasteiger partial charge in [0.1, 0.15) is 5.01 Å². The number of rotatable bonds is 4. The maximum absolute atomic E-state index is 4.53. The van der Waals surface area contributed by atoms with Crippen molar-refractivity contribution in [2.45, 2.75) is 70.5 Å². The molecule has 1 aliphatic carbocycles. The summed E-state index contributed by atoms with van der Waals surface area (Å²) in [6.45, 7) is 8.11. The number of nitrogens with one attached hydrogen (secondary N) is 1. The molecule has 0 radical (unpaired) electrons. The zero-order valence-corrected chi connectivity index (χ0v) is 14.3. The molecule has 2 heterocycles. The minimum Gasteiger partial charge on any atom is -0.311 e. The van der Waals surface area contributed by atoms with Gasteiger partial charge in [0.15, 0.2) is 0 Å². The number of piperazine rings is 1. The van der Waals surface area contributed by atoms with Gasteiger partial charge in [0.2, 0.25) is 0 Å². The van der Waals surface area contributed by atoms with Crippen LogP contribution >= 0.6 is 11.3 Å². The van der Waals surface area contributed by atoms with Crippen molar-refractivity contribution in [3.8, 4) is 0 Å². The van der Waals surface area contributed by atoms with Gasteiger partial charge in [-0.3, -0.25) is 4.90 Å². The van der Waals surface area contributed by atoms with Crippen molar-refractivity contribution in [3.63, 3.8) is 0 Å². The molecule has 1 aliphatic heterocycles. The van der Waals surface area contributed by atoms with Crippen LogP contribution in [0.15, 0.2) is 11.6 Å². The Bertz CT molecular complexity index is 425. The van der Waals surface area contributed by atoms with Crippen LogP contribution in [0.5, 0.6) is 0 Å². The predicted molar refractivity (Wildman–Crippen MR) is 89.6 cm³/mol. The smallest absolute Gasteiger partial charge is 0.107 e. The van der Waals surface area contributed by atoms with Crippen molar-refractivity contribution < 1.29 is 0 Å². The van der Waals surface area contributed by atoms with Gasteiger partial charge in [-0.1, -0.05) is 39.5 Å². The number of nitrogens with zero attached hydrogens (tertiary/aromatic N) is 2. The fourth-order valence-corrected chi connectivity index (χ4v) is 4.65. The summed E-state index contributed by atoms with van der Waals surface area (Å²) in [4.78, 5) is 7.31. The van der Waals surface area contributed by atoms with Crippen LogP contribution in [0.4, 0.5) is 0 Å². The molecule has 1 saturated heterocycles. The summed E-state index contributed by atoms with van der Waals surface area (Å²) in [5.41, 5.74) is 0.397. The van der Waals surface area contributed by atoms with E-state index < -0.39 is 0 Å². The van der Waals surface area contributed by atoms with E-state index in [0.717, 1.165) is 12.5 Å². The average molecular weight is 308 g/mol. The van der Waals surface area contributed by atoms with Crippen LogP contribution in [-0.4, -0.2) is 34.6 Å². The lowest BCUT2D eigenvalue weighted by atomic mass is 9.77. The number of hydrogen-bond acceptors (Lipinski definition) is 4. The van der Waals surface area contributed by atoms with Crippen LogP contribution in [0.3, 0.4) is 0 Å². The van der Waals surface area contributed by atoms with Gasteiger partial charge in [0.25, 0.3) is 0 Å². The summed E-state index contributed by atoms with van der Waals surface area (Å²) in [6.07, 6.45) is 10.1. The molecule has 0 amide bonds. The highest BCUT2D eigenvalue weighted by atomic mass is 32.1. The van der Waals surface area contributed by atoms with E-state index in [1.54, 1.807) is 11.3 Å². The van der Waals surface area contributed by atoms with E-state index in [4.69, 9.17) is 0 Å². The minimum atomic E-state index is 0.397. The Morgan fingerprint density at radius 1 is 1.43 bits per heavy atom. The summed E-state index contributed by atoms with van der Waals surface area (Å²) >= 11 is 1.81. The molecule has 2 fully saturated rings. The molecule has 3 nitrogen and oxygen atoms in total. The third-order valence-corrected chi connectivity index (χ3v) is 6.47. The van der Waals surface area contributed by atoms with Crippen LogP contribution in [0.25, 0.3) is 0 Å². The number of aromatic nitrogens is 1. The van der Waals surface area contributed by atoms with Crippen molar-refractivity contribution >= 4 is 11.3 Å². The largest absolute Gasteiger partial charge is 0.311 e. The van der Waals surface area contributed by atoms with Crippen molar-refractivity contribution in [2.24, 2.45) is 5.92 Å². The Morgan fingerprint density at radius 2 is 2.24 bits per heavy atom. The van der Waals surface area contributed by atoms with E-state index in [1.165, 1.54) is 56.6 Å². The van der Waals surface area contributed by atoms with Gasteiger partial charge in [-0.05, 0) is 18.8 Å². The summed E-state index contributed by atoms with van der Waals surface area (Å²) in [6, 6.07) is 0.641. The number of thiazole rings is 1. The lowest BCUT2D eigenvalue weighted by Gasteiger charge is -2.53. The molecule has 0 bridgehead atoms. The van der Waals surface area contributed by atoms with E-state index in [-0.39, 0.29) is 0 Å². The SMILES string of the molecule is CCC(C)C1CN(Cc2nccs2)C2(CCCCC2)CN1. The third kappa shape index (κ3) is 3.33. The van der Waals surface area contributed by atoms with Gasteiger partial charge < -0.3 is 5.32 Å². The fourth-order valence-electron chi connectivity index (χ4n) is 4.02. The van der Waals surface area contributed by atoms with Gasteiger partial charge in [0.05, 0.1) is 6.54 Å². The first-order valence-electron chi connectivity index (χ1n) is 8.60. The molecule has 1 spiro atoms. The normalized spacial score (nSPS) is 27.8. The summed E-state index contributed by atoms with van der Waals surface area (Å²) in [7, 11) is 0. The van der Waals surface area contributed by atoms with E-state index in [9.17, 15) is 0 Å². The molecule has 1 aromatic heterocycles. The molecule has 3 rings (SSSR count). The monoisotopic (exact) mass is 307 g/mol. The molecular weight excluding hydrogens is 278 g/mol. The molecule has 118 valence electrons. The third-order valence-electron chi connectivity index (χ3n) is 5.71. The highest BCUT2D eigenvalue weighted by Gasteiger charge is 2.43. The van der Waals surface area contributed by atoms with Crippen molar-refractivity contribution in [1.82, 2.24) is 15.2 Å². The van der Waals surface area contributed by atoms with Gasteiger partial charge in [0, 0.05) is 36.2 Å². The quantitative estimate of drug-likeness (QED) is 0.920. The molecule has 4 heteroatoms. The Morgan fingerprint density at radius 3 is 2.90 bits per heavy atom. The second kappa shape index (κ2) is 6.76. The highest BCUT2D eigenvalue weighted by molar-refractivity contribution is 7.09. The molecule has 2 atom stereocenters. The van der Waals surface area contributed by atoms with Crippen LogP contribution < -0.4 is 5.32 Å². The Hall–Kier alpha value is -0.450. The van der Waals surface area contributed by atoms with Crippen LogP contribution in [0.2, 0.25) is 0 Å². The average Bonchev–Trinajstić information content (AvgIpc) is 3.03. The van der Waals surface area contributed by atoms with Gasteiger partial charge in [-0.25, -0.2) is 4.98 Å². The first-order chi connectivity index (χ1) is 10.2. The van der Waals surface area contributed by atoms with E-state index in [2.05, 4.69) is 34.4 Å². The molecule has 2 aliphatic rings. The summed E-state index contributed by atoms with van der Waals surface area (Å²) in [5.74, 6) is 0.754. The van der Waals surface area contributed by atoms with Crippen molar-refractivity contribution in [2.75, 3.05) is 13.1 Å². The van der Waals surface area contributed by atoms with Crippen LogP contribution in [0.1, 0.15) is 57.4 Å². The van der Waals surface area contributed by atoms with Gasteiger partial charge in [-0.2, -0.15) is 0 Å². The Balaban J connectivity index is 1.76. The molecule has 2 unspecified atom stereocenters. The summed E-state index contributed by atoms with van der Waals surface area (Å²) < 4.78 is 0. The fraction of sp³-hybridized carbons (Fsp3) is 0.824. The van der Waals surface area contributed by atoms with Crippen molar-refractivity contribution in [1.29, 1.82) is 0 Å². The molecule has 0 aromatic carbocycles. The standard InChI is InChI=1S/C17H29N3S/c1-3-14(2)15-11-20(12-16-18-9-10-21-16)17(13-19-15)7-5-4-6-8-17/h9-10,14-15,19H,3-8,11-13H2,1-2H3. The zero-order valence-electron chi connectivity index (χ0n) is 13.5. The molecule has 1 saturated carbocycles. The van der Waals surface area contributed by atoms with Gasteiger partial charge in [-0.15, -0.1) is 11.3 Å². The molecule has 1 N–H and O–H groups in total. The maximum Gasteiger partial charge on any atom is 0.107 e. The van der Waals surface area contributed by atoms with Crippen LogP contribution in [-0.2, 0) is 6.54 Å². The maximum atomic E-state index is 4.53. The molecular formula is C17H29N3S. The molecule has 21 heavy (non-hydrogen) atoms. The number of hydrogen-bond donors (Lipinski definition) is 1. The van der Waals surface area contributed by atoms with Crippen LogP contribution in [0, 0.1) is 5.92 Å². The zero-order chi connectivity index (χ0) is 14.7. The molecule has 1 aromatic rings. The van der Waals surface area contributed by atoms with Crippen molar-refractivity contribution in [3.05, 3.63) is 16.6 Å².